The molecule has 0 aromatic heterocycles. The Balaban J connectivity index is 1.90. The summed E-state index contributed by atoms with van der Waals surface area (Å²) >= 11 is 0. The number of carbonyl (C=O) groups excluding carboxylic acids is 1. The van der Waals surface area contributed by atoms with E-state index in [1.165, 1.54) is 19.3 Å². The number of hydrogen-bond donors (Lipinski definition) is 1. The standard InChI is InChI=1S/C12H19N3O/c1-15-10-3-2-4-11(15)8-9(7-10)14-12(16)5-6-13/h9-11H,2-5,7-8H2,1H3,(H,14,16). The van der Waals surface area contributed by atoms with Crippen molar-refractivity contribution in [1.29, 1.82) is 5.26 Å². The van der Waals surface area contributed by atoms with Gasteiger partial charge < -0.3 is 10.2 Å². The lowest BCUT2D eigenvalue weighted by molar-refractivity contribution is -0.121. The molecule has 0 aromatic carbocycles. The monoisotopic (exact) mass is 221 g/mol. The highest BCUT2D eigenvalue weighted by molar-refractivity contribution is 5.78. The average molecular weight is 221 g/mol. The van der Waals surface area contributed by atoms with Crippen molar-refractivity contribution in [1.82, 2.24) is 10.2 Å². The van der Waals surface area contributed by atoms with Gasteiger partial charge in [-0.3, -0.25) is 4.79 Å². The average Bonchev–Trinajstić information content (AvgIpc) is 2.20. The van der Waals surface area contributed by atoms with Gasteiger partial charge in [0, 0.05) is 18.1 Å². The fourth-order valence-electron chi connectivity index (χ4n) is 3.08. The van der Waals surface area contributed by atoms with Gasteiger partial charge in [-0.2, -0.15) is 5.26 Å². The molecule has 2 saturated heterocycles. The highest BCUT2D eigenvalue weighted by Gasteiger charge is 2.36. The van der Waals surface area contributed by atoms with Crippen LogP contribution >= 0.6 is 0 Å². The lowest BCUT2D eigenvalue weighted by atomic mass is 9.82. The summed E-state index contributed by atoms with van der Waals surface area (Å²) in [5.41, 5.74) is 0. The lowest BCUT2D eigenvalue weighted by Gasteiger charge is -2.47. The predicted octanol–water partition coefficient (Wildman–Crippen LogP) is 1.03. The van der Waals surface area contributed by atoms with Gasteiger partial charge in [0.05, 0.1) is 6.07 Å². The fourth-order valence-corrected chi connectivity index (χ4v) is 3.08. The maximum atomic E-state index is 11.4. The third-order valence-electron chi connectivity index (χ3n) is 3.94. The molecule has 2 fully saturated rings. The molecular formula is C12H19N3O. The minimum atomic E-state index is -0.116. The van der Waals surface area contributed by atoms with Crippen LogP contribution in [0.3, 0.4) is 0 Å². The number of fused-ring (bicyclic) bond motifs is 2. The number of amides is 1. The van der Waals surface area contributed by atoms with Gasteiger partial charge in [0.1, 0.15) is 6.42 Å². The van der Waals surface area contributed by atoms with E-state index in [1.54, 1.807) is 0 Å². The van der Waals surface area contributed by atoms with E-state index in [-0.39, 0.29) is 18.4 Å². The Morgan fingerprint density at radius 1 is 1.44 bits per heavy atom. The second-order valence-corrected chi connectivity index (χ2v) is 4.97. The normalized spacial score (nSPS) is 34.1. The van der Waals surface area contributed by atoms with E-state index in [4.69, 9.17) is 5.26 Å². The maximum Gasteiger partial charge on any atom is 0.234 e. The third kappa shape index (κ3) is 2.35. The Morgan fingerprint density at radius 3 is 2.62 bits per heavy atom. The SMILES string of the molecule is CN1C2CCCC1CC(NC(=O)CC#N)C2. The minimum Gasteiger partial charge on any atom is -0.352 e. The zero-order valence-electron chi connectivity index (χ0n) is 9.78. The number of nitrogens with one attached hydrogen (secondary N) is 1. The molecule has 2 bridgehead atoms. The summed E-state index contributed by atoms with van der Waals surface area (Å²) in [5.74, 6) is -0.116. The van der Waals surface area contributed by atoms with E-state index in [9.17, 15) is 4.79 Å². The number of rotatable bonds is 2. The Labute approximate surface area is 96.6 Å². The first kappa shape index (κ1) is 11.4. The third-order valence-corrected chi connectivity index (χ3v) is 3.94. The molecule has 2 unspecified atom stereocenters. The van der Waals surface area contributed by atoms with E-state index in [0.29, 0.717) is 12.1 Å². The molecule has 4 nitrogen and oxygen atoms in total. The van der Waals surface area contributed by atoms with Crippen LogP contribution < -0.4 is 5.32 Å². The zero-order chi connectivity index (χ0) is 11.5. The van der Waals surface area contributed by atoms with Gasteiger partial charge in [0.2, 0.25) is 5.91 Å². The van der Waals surface area contributed by atoms with Crippen molar-refractivity contribution in [3.63, 3.8) is 0 Å². The number of nitriles is 1. The topological polar surface area (TPSA) is 56.1 Å². The summed E-state index contributed by atoms with van der Waals surface area (Å²) in [6.07, 6.45) is 5.89. The van der Waals surface area contributed by atoms with Gasteiger partial charge in [0.25, 0.3) is 0 Å². The smallest absolute Gasteiger partial charge is 0.234 e. The molecule has 2 rings (SSSR count). The molecule has 2 atom stereocenters. The van der Waals surface area contributed by atoms with Crippen molar-refractivity contribution in [2.24, 2.45) is 0 Å². The fraction of sp³-hybridized carbons (Fsp3) is 0.833. The number of piperidine rings is 2. The summed E-state index contributed by atoms with van der Waals surface area (Å²) in [5, 5.41) is 11.4. The van der Waals surface area contributed by atoms with E-state index < -0.39 is 0 Å². The van der Waals surface area contributed by atoms with Crippen molar-refractivity contribution in [3.05, 3.63) is 0 Å². The van der Waals surface area contributed by atoms with Crippen LogP contribution in [0.1, 0.15) is 38.5 Å². The van der Waals surface area contributed by atoms with Crippen molar-refractivity contribution >= 4 is 5.91 Å². The van der Waals surface area contributed by atoms with Crippen LogP contribution in [0.2, 0.25) is 0 Å². The van der Waals surface area contributed by atoms with Gasteiger partial charge in [-0.1, -0.05) is 6.42 Å². The summed E-state index contributed by atoms with van der Waals surface area (Å²) in [6.45, 7) is 0. The molecule has 1 amide bonds. The van der Waals surface area contributed by atoms with Gasteiger partial charge >= 0.3 is 0 Å². The van der Waals surface area contributed by atoms with Gasteiger partial charge in [-0.15, -0.1) is 0 Å². The Hall–Kier alpha value is -1.08. The Morgan fingerprint density at radius 2 is 2.06 bits per heavy atom. The molecule has 1 N–H and O–H groups in total. The number of nitrogens with zero attached hydrogens (tertiary/aromatic N) is 2. The largest absolute Gasteiger partial charge is 0.352 e. The van der Waals surface area contributed by atoms with Crippen LogP contribution in [0.5, 0.6) is 0 Å². The molecule has 0 aromatic rings. The molecule has 88 valence electrons. The molecule has 0 radical (unpaired) electrons. The molecular weight excluding hydrogens is 202 g/mol. The van der Waals surface area contributed by atoms with E-state index >= 15 is 0 Å². The summed E-state index contributed by atoms with van der Waals surface area (Å²) < 4.78 is 0. The van der Waals surface area contributed by atoms with Gasteiger partial charge in [-0.25, -0.2) is 0 Å². The van der Waals surface area contributed by atoms with Crippen molar-refractivity contribution in [3.8, 4) is 6.07 Å². The number of hydrogen-bond acceptors (Lipinski definition) is 3. The van der Waals surface area contributed by atoms with Gasteiger partial charge in [-0.05, 0) is 32.7 Å². The highest BCUT2D eigenvalue weighted by atomic mass is 16.1. The molecule has 16 heavy (non-hydrogen) atoms. The molecule has 0 aliphatic carbocycles. The quantitative estimate of drug-likeness (QED) is 0.757. The molecule has 2 heterocycles. The van der Waals surface area contributed by atoms with E-state index in [0.717, 1.165) is 12.8 Å². The Bertz CT molecular complexity index is 296. The molecule has 2 aliphatic rings. The second kappa shape index (κ2) is 4.84. The van der Waals surface area contributed by atoms with Crippen molar-refractivity contribution in [2.45, 2.75) is 56.7 Å². The van der Waals surface area contributed by atoms with Crippen molar-refractivity contribution < 1.29 is 4.79 Å². The van der Waals surface area contributed by atoms with Crippen LogP contribution in [-0.2, 0) is 4.79 Å². The summed E-state index contributed by atoms with van der Waals surface area (Å²) in [7, 11) is 2.20. The van der Waals surface area contributed by atoms with Crippen LogP contribution in [0.4, 0.5) is 0 Å². The second-order valence-electron chi connectivity index (χ2n) is 4.97. The lowest BCUT2D eigenvalue weighted by Crippen LogP contribution is -2.55. The molecule has 0 saturated carbocycles. The minimum absolute atomic E-state index is 0.0122. The molecule has 4 heteroatoms. The molecule has 2 aliphatic heterocycles. The first-order valence-electron chi connectivity index (χ1n) is 6.09. The van der Waals surface area contributed by atoms with Gasteiger partial charge in [0.15, 0.2) is 0 Å². The van der Waals surface area contributed by atoms with E-state index in [1.807, 2.05) is 6.07 Å². The van der Waals surface area contributed by atoms with Crippen LogP contribution in [0.15, 0.2) is 0 Å². The van der Waals surface area contributed by atoms with Crippen LogP contribution in [0.25, 0.3) is 0 Å². The highest BCUT2D eigenvalue weighted by Crippen LogP contribution is 2.32. The summed E-state index contributed by atoms with van der Waals surface area (Å²) in [4.78, 5) is 13.8. The molecule has 0 spiro atoms. The maximum absolute atomic E-state index is 11.4. The number of carbonyl (C=O) groups is 1. The zero-order valence-corrected chi connectivity index (χ0v) is 9.78. The summed E-state index contributed by atoms with van der Waals surface area (Å²) in [6, 6.07) is 3.43. The van der Waals surface area contributed by atoms with Crippen LogP contribution in [-0.4, -0.2) is 36.0 Å². The first-order valence-corrected chi connectivity index (χ1v) is 6.09. The van der Waals surface area contributed by atoms with Crippen LogP contribution in [0, 0.1) is 11.3 Å². The predicted molar refractivity (Wildman–Crippen MR) is 60.6 cm³/mol. The van der Waals surface area contributed by atoms with Crippen molar-refractivity contribution in [2.75, 3.05) is 7.05 Å². The Kier molecular flexibility index (Phi) is 3.45. The first-order chi connectivity index (χ1) is 7.70. The van der Waals surface area contributed by atoms with E-state index in [2.05, 4.69) is 17.3 Å².